The second-order valence-electron chi connectivity index (χ2n) is 4.96. The lowest BCUT2D eigenvalue weighted by Crippen LogP contribution is -2.37. The molecule has 0 saturated heterocycles. The number of carbonyl (C=O) groups is 2. The second-order valence-corrected chi connectivity index (χ2v) is 5.75. The maximum absolute atomic E-state index is 11.8. The standard InChI is InChI=1S/C14H19BrN2O3/c1-8(2)10(13(18)19)7-16-14(20)17-11-6-4-5-9(3)12(11)15/h4-6,8,10H,7H2,1-3H3,(H,18,19)(H2,16,17,20). The number of rotatable bonds is 5. The van der Waals surface area contributed by atoms with Crippen molar-refractivity contribution < 1.29 is 14.7 Å². The summed E-state index contributed by atoms with van der Waals surface area (Å²) in [4.78, 5) is 22.8. The fourth-order valence-corrected chi connectivity index (χ4v) is 2.08. The number of amides is 2. The summed E-state index contributed by atoms with van der Waals surface area (Å²) >= 11 is 3.40. The molecule has 1 atom stereocenters. The Morgan fingerprint density at radius 2 is 2.00 bits per heavy atom. The molecule has 110 valence electrons. The molecule has 20 heavy (non-hydrogen) atoms. The fourth-order valence-electron chi connectivity index (χ4n) is 1.72. The lowest BCUT2D eigenvalue weighted by molar-refractivity contribution is -0.142. The highest BCUT2D eigenvalue weighted by atomic mass is 79.9. The van der Waals surface area contributed by atoms with Gasteiger partial charge in [-0.25, -0.2) is 4.79 Å². The van der Waals surface area contributed by atoms with Gasteiger partial charge in [0.05, 0.1) is 11.6 Å². The van der Waals surface area contributed by atoms with Gasteiger partial charge in [-0.2, -0.15) is 0 Å². The zero-order valence-electron chi connectivity index (χ0n) is 11.7. The number of anilines is 1. The molecule has 1 unspecified atom stereocenters. The minimum Gasteiger partial charge on any atom is -0.481 e. The monoisotopic (exact) mass is 342 g/mol. The normalized spacial score (nSPS) is 12.1. The van der Waals surface area contributed by atoms with Gasteiger partial charge in [-0.05, 0) is 40.4 Å². The van der Waals surface area contributed by atoms with E-state index >= 15 is 0 Å². The lowest BCUT2D eigenvalue weighted by atomic mass is 9.96. The number of aliphatic carboxylic acids is 1. The van der Waals surface area contributed by atoms with E-state index in [1.165, 1.54) is 0 Å². The molecule has 5 nitrogen and oxygen atoms in total. The van der Waals surface area contributed by atoms with Crippen LogP contribution >= 0.6 is 15.9 Å². The van der Waals surface area contributed by atoms with E-state index in [4.69, 9.17) is 5.11 Å². The molecule has 0 spiro atoms. The number of carboxylic acids is 1. The van der Waals surface area contributed by atoms with Crippen molar-refractivity contribution in [2.75, 3.05) is 11.9 Å². The van der Waals surface area contributed by atoms with E-state index in [1.54, 1.807) is 6.07 Å². The second kappa shape index (κ2) is 7.28. The first-order valence-electron chi connectivity index (χ1n) is 6.35. The van der Waals surface area contributed by atoms with E-state index < -0.39 is 17.9 Å². The Kier molecular flexibility index (Phi) is 6.01. The van der Waals surface area contributed by atoms with Gasteiger partial charge in [-0.15, -0.1) is 0 Å². The number of hydrogen-bond acceptors (Lipinski definition) is 2. The molecule has 6 heteroatoms. The molecular formula is C14H19BrN2O3. The van der Waals surface area contributed by atoms with Crippen molar-refractivity contribution in [3.8, 4) is 0 Å². The summed E-state index contributed by atoms with van der Waals surface area (Å²) in [6, 6.07) is 5.12. The fraction of sp³-hybridized carbons (Fsp3) is 0.429. The van der Waals surface area contributed by atoms with Gasteiger partial charge in [0.1, 0.15) is 0 Å². The molecule has 0 heterocycles. The largest absolute Gasteiger partial charge is 0.481 e. The van der Waals surface area contributed by atoms with Crippen molar-refractivity contribution >= 4 is 33.6 Å². The summed E-state index contributed by atoms with van der Waals surface area (Å²) in [5.74, 6) is -1.54. The van der Waals surface area contributed by atoms with Crippen LogP contribution in [0.3, 0.4) is 0 Å². The first-order chi connectivity index (χ1) is 9.32. The van der Waals surface area contributed by atoms with Gasteiger partial charge >= 0.3 is 12.0 Å². The summed E-state index contributed by atoms with van der Waals surface area (Å²) in [7, 11) is 0. The average Bonchev–Trinajstić information content (AvgIpc) is 2.34. The van der Waals surface area contributed by atoms with Crippen molar-refractivity contribution in [3.05, 3.63) is 28.2 Å². The number of carbonyl (C=O) groups excluding carboxylic acids is 1. The molecule has 1 aromatic carbocycles. The predicted molar refractivity (Wildman–Crippen MR) is 81.9 cm³/mol. The number of urea groups is 1. The first kappa shape index (κ1) is 16.5. The molecule has 0 radical (unpaired) electrons. The SMILES string of the molecule is Cc1cccc(NC(=O)NCC(C(=O)O)C(C)C)c1Br. The highest BCUT2D eigenvalue weighted by molar-refractivity contribution is 9.10. The van der Waals surface area contributed by atoms with Crippen molar-refractivity contribution in [2.24, 2.45) is 11.8 Å². The van der Waals surface area contributed by atoms with E-state index in [-0.39, 0.29) is 12.5 Å². The maximum atomic E-state index is 11.8. The van der Waals surface area contributed by atoms with Crippen LogP contribution in [-0.4, -0.2) is 23.7 Å². The van der Waals surface area contributed by atoms with Crippen LogP contribution in [-0.2, 0) is 4.79 Å². The van der Waals surface area contributed by atoms with Crippen LogP contribution in [0.1, 0.15) is 19.4 Å². The van der Waals surface area contributed by atoms with Gasteiger partial charge in [0.15, 0.2) is 0 Å². The van der Waals surface area contributed by atoms with Gasteiger partial charge in [0.2, 0.25) is 0 Å². The Labute approximate surface area is 126 Å². The van der Waals surface area contributed by atoms with Crippen molar-refractivity contribution in [2.45, 2.75) is 20.8 Å². The Hall–Kier alpha value is -1.56. The minimum absolute atomic E-state index is 0.0431. The molecule has 0 aliphatic carbocycles. The van der Waals surface area contributed by atoms with E-state index in [0.717, 1.165) is 10.0 Å². The van der Waals surface area contributed by atoms with Gasteiger partial charge in [0, 0.05) is 11.0 Å². The van der Waals surface area contributed by atoms with E-state index in [0.29, 0.717) is 5.69 Å². The highest BCUT2D eigenvalue weighted by Crippen LogP contribution is 2.25. The third-order valence-corrected chi connectivity index (χ3v) is 4.10. The maximum Gasteiger partial charge on any atom is 0.319 e. The Morgan fingerprint density at radius 1 is 1.35 bits per heavy atom. The Bertz CT molecular complexity index is 503. The van der Waals surface area contributed by atoms with Gasteiger partial charge in [0.25, 0.3) is 0 Å². The lowest BCUT2D eigenvalue weighted by Gasteiger charge is -2.17. The number of halogens is 1. The van der Waals surface area contributed by atoms with Crippen molar-refractivity contribution in [1.82, 2.24) is 5.32 Å². The third kappa shape index (κ3) is 4.52. The molecule has 1 aromatic rings. The number of nitrogens with one attached hydrogen (secondary N) is 2. The molecule has 1 rings (SSSR count). The van der Waals surface area contributed by atoms with Crippen LogP contribution in [0.15, 0.2) is 22.7 Å². The molecule has 0 saturated carbocycles. The summed E-state index contributed by atoms with van der Waals surface area (Å²) in [6.45, 7) is 5.65. The molecular weight excluding hydrogens is 324 g/mol. The van der Waals surface area contributed by atoms with Crippen molar-refractivity contribution in [3.63, 3.8) is 0 Å². The number of hydrogen-bond donors (Lipinski definition) is 3. The first-order valence-corrected chi connectivity index (χ1v) is 7.15. The van der Waals surface area contributed by atoms with E-state index in [9.17, 15) is 9.59 Å². The summed E-state index contributed by atoms with van der Waals surface area (Å²) in [5.41, 5.74) is 1.66. The smallest absolute Gasteiger partial charge is 0.319 e. The topological polar surface area (TPSA) is 78.4 Å². The molecule has 0 aromatic heterocycles. The number of carboxylic acid groups (broad SMARTS) is 1. The minimum atomic E-state index is -0.906. The molecule has 2 amide bonds. The number of benzene rings is 1. The van der Waals surface area contributed by atoms with Crippen LogP contribution in [0, 0.1) is 18.8 Å². The summed E-state index contributed by atoms with van der Waals surface area (Å²) in [6.07, 6.45) is 0. The van der Waals surface area contributed by atoms with E-state index in [1.807, 2.05) is 32.9 Å². The predicted octanol–water partition coefficient (Wildman–Crippen LogP) is 3.24. The third-order valence-electron chi connectivity index (χ3n) is 3.04. The Balaban J connectivity index is 2.60. The van der Waals surface area contributed by atoms with Gasteiger partial charge < -0.3 is 15.7 Å². The van der Waals surface area contributed by atoms with Crippen LogP contribution in [0.2, 0.25) is 0 Å². The Morgan fingerprint density at radius 3 is 2.55 bits per heavy atom. The molecule has 0 fully saturated rings. The van der Waals surface area contributed by atoms with Crippen LogP contribution in [0.25, 0.3) is 0 Å². The summed E-state index contributed by atoms with van der Waals surface area (Å²) in [5, 5.41) is 14.3. The zero-order valence-corrected chi connectivity index (χ0v) is 13.3. The number of aryl methyl sites for hydroxylation is 1. The molecule has 0 bridgehead atoms. The highest BCUT2D eigenvalue weighted by Gasteiger charge is 2.22. The van der Waals surface area contributed by atoms with Gasteiger partial charge in [-0.1, -0.05) is 26.0 Å². The van der Waals surface area contributed by atoms with E-state index in [2.05, 4.69) is 26.6 Å². The average molecular weight is 343 g/mol. The molecule has 3 N–H and O–H groups in total. The quantitative estimate of drug-likeness (QED) is 0.768. The van der Waals surface area contributed by atoms with Crippen LogP contribution in [0.5, 0.6) is 0 Å². The zero-order chi connectivity index (χ0) is 15.3. The molecule has 0 aliphatic rings. The van der Waals surface area contributed by atoms with Crippen molar-refractivity contribution in [1.29, 1.82) is 0 Å². The van der Waals surface area contributed by atoms with Crippen LogP contribution in [0.4, 0.5) is 10.5 Å². The van der Waals surface area contributed by atoms with Crippen LogP contribution < -0.4 is 10.6 Å². The molecule has 0 aliphatic heterocycles. The summed E-state index contributed by atoms with van der Waals surface area (Å²) < 4.78 is 0.814. The van der Waals surface area contributed by atoms with Gasteiger partial charge in [-0.3, -0.25) is 4.79 Å².